The monoisotopic (exact) mass is 426 g/mol. The van der Waals surface area contributed by atoms with Crippen molar-refractivity contribution in [3.63, 3.8) is 0 Å². The maximum absolute atomic E-state index is 13.2. The number of nitrogens with zero attached hydrogens (tertiary/aromatic N) is 1. The Labute approximate surface area is 179 Å². The van der Waals surface area contributed by atoms with Gasteiger partial charge in [0, 0.05) is 0 Å². The van der Waals surface area contributed by atoms with E-state index < -0.39 is 23.7 Å². The van der Waals surface area contributed by atoms with E-state index in [2.05, 4.69) is 12.2 Å². The molecule has 0 radical (unpaired) electrons. The normalized spacial score (nSPS) is 15.3. The van der Waals surface area contributed by atoms with Crippen LogP contribution in [0.3, 0.4) is 0 Å². The van der Waals surface area contributed by atoms with Gasteiger partial charge in [-0.1, -0.05) is 19.4 Å². The zero-order chi connectivity index (χ0) is 22.4. The number of hydrogen-bond acceptors (Lipinski definition) is 5. The van der Waals surface area contributed by atoms with Gasteiger partial charge in [-0.15, -0.1) is 0 Å². The molecule has 1 fully saturated rings. The summed E-state index contributed by atoms with van der Waals surface area (Å²) in [5.74, 6) is -1.07. The highest BCUT2D eigenvalue weighted by Crippen LogP contribution is 2.30. The lowest BCUT2D eigenvalue weighted by molar-refractivity contribution is -0.122. The Morgan fingerprint density at radius 1 is 1.00 bits per heavy atom. The van der Waals surface area contributed by atoms with Gasteiger partial charge in [0.1, 0.15) is 11.4 Å². The van der Waals surface area contributed by atoms with E-state index in [1.807, 2.05) is 6.92 Å². The number of rotatable bonds is 8. The molecule has 1 aliphatic rings. The van der Waals surface area contributed by atoms with Crippen LogP contribution in [0.15, 0.2) is 48.0 Å². The number of amides is 4. The van der Waals surface area contributed by atoms with Crippen molar-refractivity contribution in [2.24, 2.45) is 0 Å². The Morgan fingerprint density at radius 2 is 1.74 bits per heavy atom. The van der Waals surface area contributed by atoms with Gasteiger partial charge in [-0.2, -0.15) is 0 Å². The van der Waals surface area contributed by atoms with Crippen molar-refractivity contribution < 1.29 is 28.2 Å². The summed E-state index contributed by atoms with van der Waals surface area (Å²) in [6.45, 7) is 4.86. The fourth-order valence-electron chi connectivity index (χ4n) is 2.98. The maximum Gasteiger partial charge on any atom is 0.335 e. The molecule has 0 bridgehead atoms. The van der Waals surface area contributed by atoms with Gasteiger partial charge in [-0.3, -0.25) is 14.9 Å². The standard InChI is InChI=1S/C23H23FN2O5/c1-3-5-12-31-19-11-6-15(14-20(19)30-4-2)13-18-21(27)25-23(29)26(22(18)28)17-9-7-16(24)8-10-17/h6-11,13-14H,3-5,12H2,1-2H3,(H,25,27,29)/b18-13+. The number of ether oxygens (including phenoxy) is 2. The van der Waals surface area contributed by atoms with Gasteiger partial charge >= 0.3 is 6.03 Å². The average Bonchev–Trinajstić information content (AvgIpc) is 2.74. The molecule has 4 amide bonds. The van der Waals surface area contributed by atoms with Crippen LogP contribution in [0.4, 0.5) is 14.9 Å². The molecule has 3 rings (SSSR count). The number of barbiturate groups is 1. The van der Waals surface area contributed by atoms with Crippen molar-refractivity contribution >= 4 is 29.6 Å². The van der Waals surface area contributed by atoms with Crippen LogP contribution in [-0.2, 0) is 9.59 Å². The van der Waals surface area contributed by atoms with Crippen molar-refractivity contribution in [1.82, 2.24) is 5.32 Å². The van der Waals surface area contributed by atoms with Crippen LogP contribution >= 0.6 is 0 Å². The molecule has 2 aromatic rings. The fourth-order valence-corrected chi connectivity index (χ4v) is 2.98. The number of benzene rings is 2. The van der Waals surface area contributed by atoms with Gasteiger partial charge in [-0.25, -0.2) is 14.1 Å². The second-order valence-corrected chi connectivity index (χ2v) is 6.78. The first kappa shape index (κ1) is 22.0. The molecule has 7 nitrogen and oxygen atoms in total. The van der Waals surface area contributed by atoms with E-state index in [0.29, 0.717) is 30.3 Å². The SMILES string of the molecule is CCCCOc1ccc(/C=C2\C(=O)NC(=O)N(c3ccc(F)cc3)C2=O)cc1OCC. The minimum atomic E-state index is -0.895. The van der Waals surface area contributed by atoms with E-state index in [0.717, 1.165) is 29.9 Å². The molecular weight excluding hydrogens is 403 g/mol. The molecule has 162 valence electrons. The number of unbranched alkanes of at least 4 members (excludes halogenated alkanes) is 1. The third-order valence-corrected chi connectivity index (χ3v) is 4.52. The number of anilines is 1. The lowest BCUT2D eigenvalue weighted by Crippen LogP contribution is -2.54. The first-order chi connectivity index (χ1) is 14.9. The Hall–Kier alpha value is -3.68. The minimum absolute atomic E-state index is 0.150. The smallest absolute Gasteiger partial charge is 0.335 e. The zero-order valence-corrected chi connectivity index (χ0v) is 17.3. The molecule has 1 N–H and O–H groups in total. The third kappa shape index (κ3) is 5.09. The van der Waals surface area contributed by atoms with Crippen molar-refractivity contribution in [2.45, 2.75) is 26.7 Å². The van der Waals surface area contributed by atoms with Crippen LogP contribution in [-0.4, -0.2) is 31.1 Å². The second-order valence-electron chi connectivity index (χ2n) is 6.78. The summed E-state index contributed by atoms with van der Waals surface area (Å²) in [5.41, 5.74) is 0.446. The predicted molar refractivity (Wildman–Crippen MR) is 113 cm³/mol. The van der Waals surface area contributed by atoms with Crippen LogP contribution in [0, 0.1) is 5.82 Å². The predicted octanol–water partition coefficient (Wildman–Crippen LogP) is 4.07. The van der Waals surface area contributed by atoms with Crippen molar-refractivity contribution in [1.29, 1.82) is 0 Å². The van der Waals surface area contributed by atoms with Gasteiger partial charge in [-0.05, 0) is 61.4 Å². The molecular formula is C23H23FN2O5. The van der Waals surface area contributed by atoms with E-state index in [1.54, 1.807) is 18.2 Å². The number of carbonyl (C=O) groups is 3. The van der Waals surface area contributed by atoms with Gasteiger partial charge in [0.25, 0.3) is 11.8 Å². The maximum atomic E-state index is 13.2. The highest BCUT2D eigenvalue weighted by molar-refractivity contribution is 6.39. The molecule has 0 aromatic heterocycles. The van der Waals surface area contributed by atoms with E-state index in [9.17, 15) is 18.8 Å². The molecule has 8 heteroatoms. The van der Waals surface area contributed by atoms with E-state index in [-0.39, 0.29) is 11.3 Å². The average molecular weight is 426 g/mol. The first-order valence-corrected chi connectivity index (χ1v) is 10.0. The topological polar surface area (TPSA) is 84.9 Å². The van der Waals surface area contributed by atoms with E-state index in [1.165, 1.54) is 18.2 Å². The van der Waals surface area contributed by atoms with Crippen LogP contribution in [0.25, 0.3) is 6.08 Å². The van der Waals surface area contributed by atoms with Crippen LogP contribution < -0.4 is 19.7 Å². The second kappa shape index (κ2) is 9.88. The molecule has 1 heterocycles. The highest BCUT2D eigenvalue weighted by atomic mass is 19.1. The van der Waals surface area contributed by atoms with Crippen molar-refractivity contribution in [2.75, 3.05) is 18.1 Å². The lowest BCUT2D eigenvalue weighted by Gasteiger charge is -2.26. The molecule has 1 saturated heterocycles. The van der Waals surface area contributed by atoms with Gasteiger partial charge in [0.2, 0.25) is 0 Å². The summed E-state index contributed by atoms with van der Waals surface area (Å²) < 4.78 is 24.6. The number of imide groups is 2. The number of halogens is 1. The summed E-state index contributed by atoms with van der Waals surface area (Å²) in [6, 6.07) is 9.00. The van der Waals surface area contributed by atoms with Crippen molar-refractivity contribution in [3.8, 4) is 11.5 Å². The third-order valence-electron chi connectivity index (χ3n) is 4.52. The molecule has 2 aromatic carbocycles. The Morgan fingerprint density at radius 3 is 2.42 bits per heavy atom. The quantitative estimate of drug-likeness (QED) is 0.391. The molecule has 0 spiro atoms. The molecule has 0 unspecified atom stereocenters. The van der Waals surface area contributed by atoms with Gasteiger partial charge < -0.3 is 9.47 Å². The number of hydrogen-bond donors (Lipinski definition) is 1. The fraction of sp³-hybridized carbons (Fsp3) is 0.261. The zero-order valence-electron chi connectivity index (χ0n) is 17.3. The Kier molecular flexibility index (Phi) is 7.02. The summed E-state index contributed by atoms with van der Waals surface area (Å²) >= 11 is 0. The van der Waals surface area contributed by atoms with E-state index in [4.69, 9.17) is 9.47 Å². The Bertz CT molecular complexity index is 1020. The molecule has 0 atom stereocenters. The largest absolute Gasteiger partial charge is 0.490 e. The molecule has 0 saturated carbocycles. The molecule has 1 aliphatic heterocycles. The van der Waals surface area contributed by atoms with Crippen molar-refractivity contribution in [3.05, 3.63) is 59.4 Å². The summed E-state index contributed by atoms with van der Waals surface area (Å²) in [6.07, 6.45) is 3.27. The minimum Gasteiger partial charge on any atom is -0.490 e. The summed E-state index contributed by atoms with van der Waals surface area (Å²) in [5, 5.41) is 2.14. The number of nitrogens with one attached hydrogen (secondary N) is 1. The van der Waals surface area contributed by atoms with Crippen LogP contribution in [0.1, 0.15) is 32.3 Å². The first-order valence-electron chi connectivity index (χ1n) is 10.0. The number of carbonyl (C=O) groups excluding carboxylic acids is 3. The summed E-state index contributed by atoms with van der Waals surface area (Å²) in [4.78, 5) is 38.3. The van der Waals surface area contributed by atoms with Gasteiger partial charge in [0.05, 0.1) is 18.9 Å². The van der Waals surface area contributed by atoms with E-state index >= 15 is 0 Å². The molecule has 0 aliphatic carbocycles. The molecule has 31 heavy (non-hydrogen) atoms. The highest BCUT2D eigenvalue weighted by Gasteiger charge is 2.36. The number of urea groups is 1. The Balaban J connectivity index is 1.92. The lowest BCUT2D eigenvalue weighted by atomic mass is 10.1. The van der Waals surface area contributed by atoms with Gasteiger partial charge in [0.15, 0.2) is 11.5 Å². The van der Waals surface area contributed by atoms with Crippen LogP contribution in [0.5, 0.6) is 11.5 Å². The summed E-state index contributed by atoms with van der Waals surface area (Å²) in [7, 11) is 0. The van der Waals surface area contributed by atoms with Crippen LogP contribution in [0.2, 0.25) is 0 Å².